The number of pyridine rings is 1. The van der Waals surface area contributed by atoms with Crippen LogP contribution in [0.2, 0.25) is 5.02 Å². The van der Waals surface area contributed by atoms with Gasteiger partial charge < -0.3 is 15.4 Å². The molecule has 3 rings (SSSR count). The van der Waals surface area contributed by atoms with Crippen LogP contribution in [-0.4, -0.2) is 22.0 Å². The van der Waals surface area contributed by atoms with Crippen molar-refractivity contribution in [2.45, 2.75) is 38.1 Å². The highest BCUT2D eigenvalue weighted by molar-refractivity contribution is 6.30. The van der Waals surface area contributed by atoms with Crippen LogP contribution < -0.4 is 10.9 Å². The van der Waals surface area contributed by atoms with Gasteiger partial charge in [-0.1, -0.05) is 23.7 Å². The van der Waals surface area contributed by atoms with Crippen molar-refractivity contribution in [2.75, 3.05) is 0 Å². The van der Waals surface area contributed by atoms with Crippen LogP contribution in [0.1, 0.15) is 52.5 Å². The van der Waals surface area contributed by atoms with E-state index in [1.807, 2.05) is 0 Å². The first-order valence-electron chi connectivity index (χ1n) is 8.47. The van der Waals surface area contributed by atoms with E-state index in [0.717, 1.165) is 36.9 Å². The van der Waals surface area contributed by atoms with Crippen LogP contribution in [0, 0.1) is 0 Å². The summed E-state index contributed by atoms with van der Waals surface area (Å²) in [6, 6.07) is 7.45. The number of carboxylic acids is 1. The Morgan fingerprint density at radius 2 is 1.88 bits per heavy atom. The number of aromatic amines is 1. The van der Waals surface area contributed by atoms with Crippen LogP contribution in [0.5, 0.6) is 0 Å². The Labute approximate surface area is 155 Å². The lowest BCUT2D eigenvalue weighted by Crippen LogP contribution is -2.34. The predicted molar refractivity (Wildman–Crippen MR) is 97.6 cm³/mol. The van der Waals surface area contributed by atoms with E-state index in [2.05, 4.69) is 10.3 Å². The molecule has 0 saturated carbocycles. The highest BCUT2D eigenvalue weighted by Gasteiger charge is 2.22. The molecule has 0 spiro atoms. The van der Waals surface area contributed by atoms with Gasteiger partial charge >= 0.3 is 5.97 Å². The second-order valence-corrected chi connectivity index (χ2v) is 6.83. The molecule has 0 radical (unpaired) electrons. The van der Waals surface area contributed by atoms with Crippen molar-refractivity contribution in [3.8, 4) is 0 Å². The van der Waals surface area contributed by atoms with Gasteiger partial charge in [-0.2, -0.15) is 0 Å². The number of carbonyl (C=O) groups excluding carboxylic acids is 1. The molecule has 0 bridgehead atoms. The summed E-state index contributed by atoms with van der Waals surface area (Å²) < 4.78 is 0. The molecule has 3 N–H and O–H groups in total. The van der Waals surface area contributed by atoms with E-state index < -0.39 is 23.5 Å². The average molecular weight is 375 g/mol. The van der Waals surface area contributed by atoms with Crippen LogP contribution in [0.15, 0.2) is 35.1 Å². The molecule has 2 aromatic rings. The van der Waals surface area contributed by atoms with Crippen LogP contribution in [0.25, 0.3) is 0 Å². The minimum atomic E-state index is -1.05. The number of fused-ring (bicyclic) bond motifs is 1. The monoisotopic (exact) mass is 374 g/mol. The molecule has 1 aromatic heterocycles. The molecular formula is C19H19ClN2O4. The Morgan fingerprint density at radius 1 is 1.19 bits per heavy atom. The molecule has 6 nitrogen and oxygen atoms in total. The minimum Gasteiger partial charge on any atom is -0.481 e. The fourth-order valence-corrected chi connectivity index (χ4v) is 3.33. The van der Waals surface area contributed by atoms with Crippen molar-refractivity contribution >= 4 is 23.5 Å². The van der Waals surface area contributed by atoms with Crippen LogP contribution in [0.4, 0.5) is 0 Å². The molecule has 0 saturated heterocycles. The number of H-pyrrole nitrogens is 1. The fourth-order valence-electron chi connectivity index (χ4n) is 3.20. The third-order valence-corrected chi connectivity index (χ3v) is 4.79. The molecule has 1 heterocycles. The van der Waals surface area contributed by atoms with E-state index in [9.17, 15) is 14.4 Å². The molecule has 26 heavy (non-hydrogen) atoms. The fraction of sp³-hybridized carbons (Fsp3) is 0.316. The maximum absolute atomic E-state index is 12.6. The number of amides is 1. The van der Waals surface area contributed by atoms with Crippen LogP contribution in [-0.2, 0) is 17.6 Å². The summed E-state index contributed by atoms with van der Waals surface area (Å²) in [7, 11) is 0. The second-order valence-electron chi connectivity index (χ2n) is 6.40. The van der Waals surface area contributed by atoms with Gasteiger partial charge in [-0.25, -0.2) is 0 Å². The average Bonchev–Trinajstić information content (AvgIpc) is 2.60. The van der Waals surface area contributed by atoms with E-state index in [-0.39, 0.29) is 12.0 Å². The number of carbonyl (C=O) groups is 2. The number of benzene rings is 1. The topological polar surface area (TPSA) is 99.3 Å². The molecule has 0 unspecified atom stereocenters. The van der Waals surface area contributed by atoms with Gasteiger partial charge in [-0.3, -0.25) is 14.4 Å². The zero-order chi connectivity index (χ0) is 18.7. The van der Waals surface area contributed by atoms with Gasteiger partial charge in [0.2, 0.25) is 0 Å². The normalized spacial score (nSPS) is 14.3. The summed E-state index contributed by atoms with van der Waals surface area (Å²) in [4.78, 5) is 38.9. The van der Waals surface area contributed by atoms with E-state index in [0.29, 0.717) is 10.6 Å². The van der Waals surface area contributed by atoms with Gasteiger partial charge in [0.15, 0.2) is 0 Å². The highest BCUT2D eigenvalue weighted by atomic mass is 35.5. The number of aryl methyl sites for hydroxylation is 2. The first-order chi connectivity index (χ1) is 12.4. The van der Waals surface area contributed by atoms with Gasteiger partial charge in [0.1, 0.15) is 5.56 Å². The number of aromatic nitrogens is 1. The number of hydrogen-bond donors (Lipinski definition) is 3. The largest absolute Gasteiger partial charge is 0.481 e. The van der Waals surface area contributed by atoms with Gasteiger partial charge in [-0.15, -0.1) is 0 Å². The smallest absolute Gasteiger partial charge is 0.305 e. The molecule has 1 aliphatic rings. The summed E-state index contributed by atoms with van der Waals surface area (Å²) in [5, 5.41) is 12.3. The summed E-state index contributed by atoms with van der Waals surface area (Å²) in [5.41, 5.74) is 2.03. The number of halogens is 1. The quantitative estimate of drug-likeness (QED) is 0.749. The number of nitrogens with one attached hydrogen (secondary N) is 2. The van der Waals surface area contributed by atoms with E-state index in [1.165, 1.54) is 0 Å². The van der Waals surface area contributed by atoms with Gasteiger partial charge in [0.25, 0.3) is 11.5 Å². The number of aliphatic carboxylic acids is 1. The Kier molecular flexibility index (Phi) is 5.42. The van der Waals surface area contributed by atoms with Crippen molar-refractivity contribution in [1.82, 2.24) is 10.3 Å². The van der Waals surface area contributed by atoms with Crippen LogP contribution >= 0.6 is 11.6 Å². The SMILES string of the molecule is O=C(O)C[C@H](NC(=O)c1cc2c([nH]c1=O)CCCC2)c1ccc(Cl)cc1. The van der Waals surface area contributed by atoms with Crippen molar-refractivity contribution in [2.24, 2.45) is 0 Å². The van der Waals surface area contributed by atoms with E-state index in [1.54, 1.807) is 30.3 Å². The zero-order valence-electron chi connectivity index (χ0n) is 14.0. The summed E-state index contributed by atoms with van der Waals surface area (Å²) in [6.45, 7) is 0. The molecule has 136 valence electrons. The van der Waals surface area contributed by atoms with Gasteiger partial charge in [0.05, 0.1) is 12.5 Å². The van der Waals surface area contributed by atoms with Crippen molar-refractivity contribution in [3.63, 3.8) is 0 Å². The van der Waals surface area contributed by atoms with Crippen molar-refractivity contribution < 1.29 is 14.7 Å². The number of carboxylic acid groups (broad SMARTS) is 1. The molecule has 7 heteroatoms. The Hall–Kier alpha value is -2.60. The van der Waals surface area contributed by atoms with E-state index >= 15 is 0 Å². The first-order valence-corrected chi connectivity index (χ1v) is 8.85. The standard InChI is InChI=1S/C19H19ClN2O4/c20-13-7-5-11(6-8-13)16(10-17(23)24)22-19(26)14-9-12-3-1-2-4-15(12)21-18(14)25/h5-9,16H,1-4,10H2,(H,21,25)(H,22,26)(H,23,24)/t16-/m0/s1. The molecule has 1 atom stereocenters. The van der Waals surface area contributed by atoms with E-state index in [4.69, 9.17) is 16.7 Å². The lowest BCUT2D eigenvalue weighted by atomic mass is 9.94. The Bertz CT molecular complexity index is 889. The minimum absolute atomic E-state index is 0.00926. The van der Waals surface area contributed by atoms with Crippen molar-refractivity contribution in [1.29, 1.82) is 0 Å². The number of hydrogen-bond acceptors (Lipinski definition) is 3. The van der Waals surface area contributed by atoms with Gasteiger partial charge in [0, 0.05) is 10.7 Å². The maximum atomic E-state index is 12.6. The summed E-state index contributed by atoms with van der Waals surface area (Å²) in [5.74, 6) is -1.63. The highest BCUT2D eigenvalue weighted by Crippen LogP contribution is 2.21. The van der Waals surface area contributed by atoms with Crippen molar-refractivity contribution in [3.05, 3.63) is 68.1 Å². The lowest BCUT2D eigenvalue weighted by Gasteiger charge is -2.19. The molecular weight excluding hydrogens is 356 g/mol. The lowest BCUT2D eigenvalue weighted by molar-refractivity contribution is -0.137. The molecule has 1 aromatic carbocycles. The maximum Gasteiger partial charge on any atom is 0.305 e. The molecule has 0 fully saturated rings. The second kappa shape index (κ2) is 7.74. The summed E-state index contributed by atoms with van der Waals surface area (Å²) in [6.07, 6.45) is 3.37. The van der Waals surface area contributed by atoms with Gasteiger partial charge in [-0.05, 0) is 55.0 Å². The predicted octanol–water partition coefficient (Wildman–Crippen LogP) is 2.85. The Morgan fingerprint density at radius 3 is 2.58 bits per heavy atom. The Balaban J connectivity index is 1.87. The third kappa shape index (κ3) is 4.14. The third-order valence-electron chi connectivity index (χ3n) is 4.54. The number of rotatable bonds is 5. The molecule has 1 aliphatic carbocycles. The van der Waals surface area contributed by atoms with Crippen LogP contribution in [0.3, 0.4) is 0 Å². The molecule has 0 aliphatic heterocycles. The zero-order valence-corrected chi connectivity index (χ0v) is 14.8. The first kappa shape index (κ1) is 18.2. The molecule has 1 amide bonds. The summed E-state index contributed by atoms with van der Waals surface area (Å²) >= 11 is 5.86.